The summed E-state index contributed by atoms with van der Waals surface area (Å²) in [5, 5.41) is 21.3. The molecule has 0 radical (unpaired) electrons. The highest BCUT2D eigenvalue weighted by Gasteiger charge is 2.36. The molecule has 0 atom stereocenters. The Labute approximate surface area is 176 Å². The van der Waals surface area contributed by atoms with Crippen molar-refractivity contribution in [3.8, 4) is 5.75 Å². The van der Waals surface area contributed by atoms with Gasteiger partial charge in [0.05, 0.1) is 17.7 Å². The van der Waals surface area contributed by atoms with E-state index in [2.05, 4.69) is 5.32 Å². The summed E-state index contributed by atoms with van der Waals surface area (Å²) in [7, 11) is 0. The molecule has 3 aromatic carbocycles. The van der Waals surface area contributed by atoms with Crippen LogP contribution in [0.4, 0.5) is 5.69 Å². The fraction of sp³-hybridized carbons (Fsp3) is 0.0435. The number of hydrogen-bond donors (Lipinski definition) is 3. The Bertz CT molecular complexity index is 1240. The second kappa shape index (κ2) is 7.75. The van der Waals surface area contributed by atoms with Gasteiger partial charge in [-0.2, -0.15) is 0 Å². The molecular formula is C23H16N2O6. The first kappa shape index (κ1) is 19.8. The second-order valence-corrected chi connectivity index (χ2v) is 6.93. The molecule has 31 heavy (non-hydrogen) atoms. The van der Waals surface area contributed by atoms with E-state index in [-0.39, 0.29) is 34.5 Å². The molecule has 0 fully saturated rings. The van der Waals surface area contributed by atoms with Crippen molar-refractivity contribution >= 4 is 29.4 Å². The van der Waals surface area contributed by atoms with Gasteiger partial charge in [-0.25, -0.2) is 4.79 Å². The van der Waals surface area contributed by atoms with Crippen LogP contribution >= 0.6 is 0 Å². The van der Waals surface area contributed by atoms with Gasteiger partial charge in [0.25, 0.3) is 17.7 Å². The van der Waals surface area contributed by atoms with Crippen molar-refractivity contribution < 1.29 is 29.4 Å². The standard InChI is InChI=1S/C23H16N2O6/c26-19-11-15(7-9-17(19)23(30)31)24-20(27)14-6-8-16-18(10-14)22(29)25(21(16)28)12-13-4-2-1-3-5-13/h1-11,26H,12H2,(H,24,27)(H,30,31). The molecule has 0 spiro atoms. The zero-order valence-electron chi connectivity index (χ0n) is 16.0. The molecule has 3 amide bonds. The molecule has 0 aromatic heterocycles. The Kier molecular flexibility index (Phi) is 4.96. The van der Waals surface area contributed by atoms with E-state index < -0.39 is 29.4 Å². The zero-order chi connectivity index (χ0) is 22.1. The largest absolute Gasteiger partial charge is 0.507 e. The number of imide groups is 1. The number of benzene rings is 3. The van der Waals surface area contributed by atoms with Crippen molar-refractivity contribution in [3.63, 3.8) is 0 Å². The Morgan fingerprint density at radius 2 is 1.58 bits per heavy atom. The van der Waals surface area contributed by atoms with Crippen molar-refractivity contribution in [2.75, 3.05) is 5.32 Å². The second-order valence-electron chi connectivity index (χ2n) is 6.93. The zero-order valence-corrected chi connectivity index (χ0v) is 16.0. The van der Waals surface area contributed by atoms with Crippen LogP contribution in [0.2, 0.25) is 0 Å². The molecule has 8 nitrogen and oxygen atoms in total. The van der Waals surface area contributed by atoms with E-state index in [4.69, 9.17) is 5.11 Å². The van der Waals surface area contributed by atoms with Crippen LogP contribution in [0.25, 0.3) is 0 Å². The predicted octanol–water partition coefficient (Wildman–Crippen LogP) is 3.14. The maximum atomic E-state index is 12.8. The molecule has 0 bridgehead atoms. The number of anilines is 1. The van der Waals surface area contributed by atoms with E-state index in [1.165, 1.54) is 30.3 Å². The van der Waals surface area contributed by atoms with Crippen LogP contribution in [0.1, 0.15) is 47.0 Å². The highest BCUT2D eigenvalue weighted by atomic mass is 16.4. The number of nitrogens with one attached hydrogen (secondary N) is 1. The smallest absolute Gasteiger partial charge is 0.339 e. The number of carboxylic acids is 1. The number of aromatic hydroxyl groups is 1. The highest BCUT2D eigenvalue weighted by Crippen LogP contribution is 2.27. The number of phenols is 1. The number of carboxylic acid groups (broad SMARTS) is 1. The van der Waals surface area contributed by atoms with Crippen molar-refractivity contribution in [1.29, 1.82) is 0 Å². The molecule has 0 saturated carbocycles. The lowest BCUT2D eigenvalue weighted by Gasteiger charge is -2.13. The van der Waals surface area contributed by atoms with Gasteiger partial charge >= 0.3 is 5.97 Å². The van der Waals surface area contributed by atoms with E-state index in [0.29, 0.717) is 0 Å². The van der Waals surface area contributed by atoms with Gasteiger partial charge in [0.15, 0.2) is 0 Å². The van der Waals surface area contributed by atoms with Crippen molar-refractivity contribution in [1.82, 2.24) is 4.90 Å². The normalized spacial score (nSPS) is 12.6. The lowest BCUT2D eigenvalue weighted by molar-refractivity contribution is 0.0639. The molecule has 1 aliphatic heterocycles. The number of rotatable bonds is 5. The summed E-state index contributed by atoms with van der Waals surface area (Å²) in [5.41, 5.74) is 1.20. The Morgan fingerprint density at radius 3 is 2.26 bits per heavy atom. The number of amides is 3. The molecule has 1 aliphatic rings. The first-order chi connectivity index (χ1) is 14.8. The summed E-state index contributed by atoms with van der Waals surface area (Å²) in [5.74, 6) is -3.27. The Balaban J connectivity index is 1.55. The average molecular weight is 416 g/mol. The van der Waals surface area contributed by atoms with E-state index in [1.807, 2.05) is 30.3 Å². The van der Waals surface area contributed by atoms with Gasteiger partial charge < -0.3 is 15.5 Å². The third-order valence-corrected chi connectivity index (χ3v) is 4.90. The number of fused-ring (bicyclic) bond motifs is 1. The molecule has 8 heteroatoms. The minimum absolute atomic E-state index is 0.129. The lowest BCUT2D eigenvalue weighted by atomic mass is 10.1. The highest BCUT2D eigenvalue weighted by molar-refractivity contribution is 6.22. The van der Waals surface area contributed by atoms with Gasteiger partial charge in [0, 0.05) is 17.3 Å². The van der Waals surface area contributed by atoms with Crippen LogP contribution in [0.5, 0.6) is 5.75 Å². The number of nitrogens with zero attached hydrogens (tertiary/aromatic N) is 1. The molecule has 3 N–H and O–H groups in total. The molecular weight excluding hydrogens is 400 g/mol. The molecule has 4 rings (SSSR count). The van der Waals surface area contributed by atoms with Crippen molar-refractivity contribution in [3.05, 3.63) is 94.5 Å². The Morgan fingerprint density at radius 1 is 0.871 bits per heavy atom. The van der Waals surface area contributed by atoms with Gasteiger partial charge in [-0.05, 0) is 35.9 Å². The predicted molar refractivity (Wildman–Crippen MR) is 110 cm³/mol. The molecule has 1 heterocycles. The quantitative estimate of drug-likeness (QED) is 0.549. The minimum atomic E-state index is -1.29. The van der Waals surface area contributed by atoms with Crippen LogP contribution < -0.4 is 5.32 Å². The summed E-state index contributed by atoms with van der Waals surface area (Å²) in [6.07, 6.45) is 0. The Hall–Kier alpha value is -4.46. The van der Waals surface area contributed by atoms with Crippen LogP contribution in [-0.4, -0.2) is 38.8 Å². The van der Waals surface area contributed by atoms with Crippen molar-refractivity contribution in [2.45, 2.75) is 6.54 Å². The topological polar surface area (TPSA) is 124 Å². The van der Waals surface area contributed by atoms with Crippen LogP contribution in [-0.2, 0) is 6.54 Å². The molecule has 0 unspecified atom stereocenters. The van der Waals surface area contributed by atoms with E-state index in [0.717, 1.165) is 16.5 Å². The lowest BCUT2D eigenvalue weighted by Crippen LogP contribution is -2.29. The van der Waals surface area contributed by atoms with Crippen molar-refractivity contribution in [2.24, 2.45) is 0 Å². The number of carbonyl (C=O) groups is 4. The first-order valence-electron chi connectivity index (χ1n) is 9.27. The molecule has 3 aromatic rings. The summed E-state index contributed by atoms with van der Waals surface area (Å²) in [6.45, 7) is 0.129. The van der Waals surface area contributed by atoms with Gasteiger partial charge in [-0.15, -0.1) is 0 Å². The number of aromatic carboxylic acids is 1. The third kappa shape index (κ3) is 3.74. The SMILES string of the molecule is O=C(Nc1ccc(C(=O)O)c(O)c1)c1ccc2c(c1)C(=O)N(Cc1ccccc1)C2=O. The monoisotopic (exact) mass is 416 g/mol. The maximum absolute atomic E-state index is 12.8. The van der Waals surface area contributed by atoms with E-state index >= 15 is 0 Å². The summed E-state index contributed by atoms with van der Waals surface area (Å²) >= 11 is 0. The summed E-state index contributed by atoms with van der Waals surface area (Å²) in [6, 6.07) is 16.9. The fourth-order valence-corrected chi connectivity index (χ4v) is 3.34. The summed E-state index contributed by atoms with van der Waals surface area (Å²) < 4.78 is 0. The molecule has 154 valence electrons. The summed E-state index contributed by atoms with van der Waals surface area (Å²) in [4.78, 5) is 50.1. The molecule has 0 saturated heterocycles. The van der Waals surface area contributed by atoms with Gasteiger partial charge in [-0.1, -0.05) is 30.3 Å². The van der Waals surface area contributed by atoms with Crippen LogP contribution in [0, 0.1) is 0 Å². The van der Waals surface area contributed by atoms with Gasteiger partial charge in [0.2, 0.25) is 0 Å². The minimum Gasteiger partial charge on any atom is -0.507 e. The number of carbonyl (C=O) groups excluding carboxylic acids is 3. The number of hydrogen-bond acceptors (Lipinski definition) is 5. The third-order valence-electron chi connectivity index (χ3n) is 4.90. The van der Waals surface area contributed by atoms with E-state index in [9.17, 15) is 24.3 Å². The van der Waals surface area contributed by atoms with Crippen LogP contribution in [0.15, 0.2) is 66.7 Å². The average Bonchev–Trinajstić information content (AvgIpc) is 2.98. The van der Waals surface area contributed by atoms with E-state index in [1.54, 1.807) is 0 Å². The molecule has 0 aliphatic carbocycles. The maximum Gasteiger partial charge on any atom is 0.339 e. The van der Waals surface area contributed by atoms with Crippen LogP contribution in [0.3, 0.4) is 0 Å². The fourth-order valence-electron chi connectivity index (χ4n) is 3.34. The van der Waals surface area contributed by atoms with Gasteiger partial charge in [0.1, 0.15) is 11.3 Å². The first-order valence-corrected chi connectivity index (χ1v) is 9.27. The van der Waals surface area contributed by atoms with Gasteiger partial charge in [-0.3, -0.25) is 19.3 Å².